The standard InChI is InChI=1S/C15H27NOSi/c1-12-7-8-13(11-14(12)16)9-10-17-18(5,6)15(2,3)4/h7-8,11H,9-10,16H2,1-6H3. The van der Waals surface area contributed by atoms with Crippen LogP contribution in [0.2, 0.25) is 18.1 Å². The van der Waals surface area contributed by atoms with Gasteiger partial charge >= 0.3 is 0 Å². The van der Waals surface area contributed by atoms with E-state index in [2.05, 4.69) is 52.1 Å². The van der Waals surface area contributed by atoms with E-state index in [1.807, 2.05) is 6.92 Å². The third-order valence-corrected chi connectivity index (χ3v) is 8.54. The first-order valence-corrected chi connectivity index (χ1v) is 9.53. The van der Waals surface area contributed by atoms with Crippen LogP contribution < -0.4 is 5.73 Å². The Morgan fingerprint density at radius 1 is 1.22 bits per heavy atom. The average Bonchev–Trinajstić information content (AvgIpc) is 2.21. The van der Waals surface area contributed by atoms with Gasteiger partial charge in [0.25, 0.3) is 0 Å². The molecule has 0 saturated heterocycles. The number of hydrogen-bond acceptors (Lipinski definition) is 2. The van der Waals surface area contributed by atoms with Gasteiger partial charge in [0.15, 0.2) is 8.32 Å². The normalized spacial score (nSPS) is 12.8. The van der Waals surface area contributed by atoms with Crippen LogP contribution >= 0.6 is 0 Å². The summed E-state index contributed by atoms with van der Waals surface area (Å²) in [7, 11) is -1.61. The molecule has 2 N–H and O–H groups in total. The lowest BCUT2D eigenvalue weighted by atomic mass is 10.1. The van der Waals surface area contributed by atoms with Crippen molar-refractivity contribution in [3.63, 3.8) is 0 Å². The first kappa shape index (κ1) is 15.3. The fraction of sp³-hybridized carbons (Fsp3) is 0.600. The summed E-state index contributed by atoms with van der Waals surface area (Å²) in [6, 6.07) is 6.28. The van der Waals surface area contributed by atoms with Crippen LogP contribution in [0.1, 0.15) is 31.9 Å². The molecule has 0 fully saturated rings. The summed E-state index contributed by atoms with van der Waals surface area (Å²) in [6.45, 7) is 14.2. The zero-order chi connectivity index (χ0) is 14.0. The summed E-state index contributed by atoms with van der Waals surface area (Å²) in [5, 5.41) is 0.277. The van der Waals surface area contributed by atoms with E-state index in [1.165, 1.54) is 5.56 Å². The van der Waals surface area contributed by atoms with E-state index in [-0.39, 0.29) is 5.04 Å². The van der Waals surface area contributed by atoms with Crippen molar-refractivity contribution in [2.24, 2.45) is 0 Å². The lowest BCUT2D eigenvalue weighted by Crippen LogP contribution is -2.41. The van der Waals surface area contributed by atoms with Crippen LogP contribution in [0.15, 0.2) is 18.2 Å². The topological polar surface area (TPSA) is 35.2 Å². The summed E-state index contributed by atoms with van der Waals surface area (Å²) in [5.41, 5.74) is 9.19. The number of benzene rings is 1. The highest BCUT2D eigenvalue weighted by Gasteiger charge is 2.36. The molecule has 0 bridgehead atoms. The maximum absolute atomic E-state index is 6.17. The number of nitrogen functional groups attached to an aromatic ring is 1. The molecule has 0 unspecified atom stereocenters. The van der Waals surface area contributed by atoms with Gasteiger partial charge < -0.3 is 10.2 Å². The molecule has 102 valence electrons. The van der Waals surface area contributed by atoms with Gasteiger partial charge in [-0.2, -0.15) is 0 Å². The largest absolute Gasteiger partial charge is 0.416 e. The third-order valence-electron chi connectivity index (χ3n) is 4.00. The second-order valence-corrected chi connectivity index (χ2v) is 11.4. The van der Waals surface area contributed by atoms with Crippen LogP contribution in [0, 0.1) is 6.92 Å². The summed E-state index contributed by atoms with van der Waals surface area (Å²) in [6.07, 6.45) is 0.941. The van der Waals surface area contributed by atoms with Crippen LogP contribution in [-0.2, 0) is 10.8 Å². The van der Waals surface area contributed by atoms with Crippen molar-refractivity contribution < 1.29 is 4.43 Å². The Labute approximate surface area is 113 Å². The third kappa shape index (κ3) is 3.85. The van der Waals surface area contributed by atoms with Crippen molar-refractivity contribution in [3.05, 3.63) is 29.3 Å². The van der Waals surface area contributed by atoms with Gasteiger partial charge in [-0.3, -0.25) is 0 Å². The Morgan fingerprint density at radius 3 is 2.33 bits per heavy atom. The number of nitrogens with two attached hydrogens (primary N) is 1. The van der Waals surface area contributed by atoms with Crippen molar-refractivity contribution in [1.82, 2.24) is 0 Å². The van der Waals surface area contributed by atoms with E-state index < -0.39 is 8.32 Å². The van der Waals surface area contributed by atoms with Crippen molar-refractivity contribution in [3.8, 4) is 0 Å². The van der Waals surface area contributed by atoms with Gasteiger partial charge in [-0.15, -0.1) is 0 Å². The van der Waals surface area contributed by atoms with E-state index in [0.29, 0.717) is 0 Å². The Kier molecular flexibility index (Phi) is 4.62. The molecular weight excluding hydrogens is 238 g/mol. The number of hydrogen-bond donors (Lipinski definition) is 1. The molecule has 0 spiro atoms. The molecule has 2 nitrogen and oxygen atoms in total. The molecule has 0 aromatic heterocycles. The van der Waals surface area contributed by atoms with Gasteiger partial charge in [0.2, 0.25) is 0 Å². The maximum atomic E-state index is 6.17. The first-order valence-electron chi connectivity index (χ1n) is 6.62. The molecule has 0 aliphatic rings. The SMILES string of the molecule is Cc1ccc(CCO[Si](C)(C)C(C)(C)C)cc1N. The van der Waals surface area contributed by atoms with Crippen molar-refractivity contribution in [1.29, 1.82) is 0 Å². The van der Waals surface area contributed by atoms with Crippen LogP contribution in [0.5, 0.6) is 0 Å². The fourth-order valence-corrected chi connectivity index (χ4v) is 2.53. The monoisotopic (exact) mass is 265 g/mol. The highest BCUT2D eigenvalue weighted by atomic mass is 28.4. The van der Waals surface area contributed by atoms with Crippen LogP contribution in [0.3, 0.4) is 0 Å². The fourth-order valence-electron chi connectivity index (χ4n) is 1.49. The van der Waals surface area contributed by atoms with E-state index in [4.69, 9.17) is 10.2 Å². The molecule has 3 heteroatoms. The van der Waals surface area contributed by atoms with Gasteiger partial charge in [0.05, 0.1) is 0 Å². The molecule has 0 aliphatic heterocycles. The van der Waals surface area contributed by atoms with Crippen LogP contribution in [0.4, 0.5) is 5.69 Å². The summed E-state index contributed by atoms with van der Waals surface area (Å²) in [5.74, 6) is 0. The molecule has 1 rings (SSSR count). The van der Waals surface area contributed by atoms with E-state index in [0.717, 1.165) is 24.3 Å². The van der Waals surface area contributed by atoms with Gasteiger partial charge in [-0.25, -0.2) is 0 Å². The van der Waals surface area contributed by atoms with E-state index in [9.17, 15) is 0 Å². The minimum Gasteiger partial charge on any atom is -0.416 e. The quantitative estimate of drug-likeness (QED) is 0.656. The minimum absolute atomic E-state index is 0.277. The molecule has 18 heavy (non-hydrogen) atoms. The summed E-state index contributed by atoms with van der Waals surface area (Å²) < 4.78 is 6.17. The lowest BCUT2D eigenvalue weighted by molar-refractivity contribution is 0.292. The predicted octanol–water partition coefficient (Wildman–Crippen LogP) is 4.14. The Hall–Kier alpha value is -0.803. The van der Waals surface area contributed by atoms with Gasteiger partial charge in [0.1, 0.15) is 0 Å². The van der Waals surface area contributed by atoms with Gasteiger partial charge in [-0.1, -0.05) is 32.9 Å². The van der Waals surface area contributed by atoms with Gasteiger partial charge in [0, 0.05) is 12.3 Å². The maximum Gasteiger partial charge on any atom is 0.191 e. The molecule has 1 aromatic rings. The molecule has 0 atom stereocenters. The Bertz CT molecular complexity index is 407. The number of rotatable bonds is 4. The Balaban J connectivity index is 2.54. The second-order valence-electron chi connectivity index (χ2n) is 6.55. The van der Waals surface area contributed by atoms with Crippen molar-refractivity contribution in [2.75, 3.05) is 12.3 Å². The lowest BCUT2D eigenvalue weighted by Gasteiger charge is -2.36. The van der Waals surface area contributed by atoms with Crippen LogP contribution in [-0.4, -0.2) is 14.9 Å². The number of anilines is 1. The highest BCUT2D eigenvalue weighted by molar-refractivity contribution is 6.74. The molecule has 0 heterocycles. The summed E-state index contributed by atoms with van der Waals surface area (Å²) in [4.78, 5) is 0. The molecule has 0 amide bonds. The first-order chi connectivity index (χ1) is 8.13. The highest BCUT2D eigenvalue weighted by Crippen LogP contribution is 2.36. The van der Waals surface area contributed by atoms with Gasteiger partial charge in [-0.05, 0) is 48.7 Å². The van der Waals surface area contributed by atoms with Crippen molar-refractivity contribution >= 4 is 14.0 Å². The molecule has 1 aromatic carbocycles. The Morgan fingerprint density at radius 2 is 1.83 bits per heavy atom. The van der Waals surface area contributed by atoms with E-state index in [1.54, 1.807) is 0 Å². The smallest absolute Gasteiger partial charge is 0.191 e. The minimum atomic E-state index is -1.61. The predicted molar refractivity (Wildman–Crippen MR) is 82.4 cm³/mol. The molecule has 0 radical (unpaired) electrons. The van der Waals surface area contributed by atoms with Crippen molar-refractivity contribution in [2.45, 2.75) is 52.2 Å². The number of aryl methyl sites for hydroxylation is 1. The summed E-state index contributed by atoms with van der Waals surface area (Å²) >= 11 is 0. The van der Waals surface area contributed by atoms with Crippen LogP contribution in [0.25, 0.3) is 0 Å². The zero-order valence-electron chi connectivity index (χ0n) is 12.6. The molecule has 0 aliphatic carbocycles. The molecule has 0 saturated carbocycles. The van der Waals surface area contributed by atoms with E-state index >= 15 is 0 Å². The zero-order valence-corrected chi connectivity index (χ0v) is 13.6. The average molecular weight is 265 g/mol. The molecular formula is C15H27NOSi. The second kappa shape index (κ2) is 5.45.